The van der Waals surface area contributed by atoms with Crippen LogP contribution in [0.4, 0.5) is 5.00 Å². The molecule has 5 heteroatoms. The summed E-state index contributed by atoms with van der Waals surface area (Å²) in [4.78, 5) is 0. The van der Waals surface area contributed by atoms with E-state index < -0.39 is 0 Å². The topological polar surface area (TPSA) is 55.9 Å². The fourth-order valence-electron chi connectivity index (χ4n) is 3.44. The summed E-state index contributed by atoms with van der Waals surface area (Å²) < 4.78 is 1.94. The lowest BCUT2D eigenvalue weighted by Gasteiger charge is -2.16. The predicted octanol–water partition coefficient (Wildman–Crippen LogP) is 4.80. The minimum Gasteiger partial charge on any atom is -0.373 e. The van der Waals surface area contributed by atoms with E-state index in [0.29, 0.717) is 6.54 Å². The third kappa shape index (κ3) is 4.01. The molecule has 0 aliphatic heterocycles. The second kappa shape index (κ2) is 8.42. The average molecular weight is 389 g/mol. The van der Waals surface area contributed by atoms with Gasteiger partial charge >= 0.3 is 0 Å². The van der Waals surface area contributed by atoms with Crippen molar-refractivity contribution < 1.29 is 0 Å². The summed E-state index contributed by atoms with van der Waals surface area (Å²) in [5, 5.41) is 11.4. The Labute approximate surface area is 169 Å². The normalized spacial score (nSPS) is 12.1. The van der Waals surface area contributed by atoms with Gasteiger partial charge in [-0.05, 0) is 23.6 Å². The fraction of sp³-hybridized carbons (Fsp3) is 0.174. The number of rotatable bonds is 7. The third-order valence-corrected chi connectivity index (χ3v) is 5.71. The first kappa shape index (κ1) is 18.5. The van der Waals surface area contributed by atoms with Crippen LogP contribution in [0.15, 0.2) is 78.3 Å². The summed E-state index contributed by atoms with van der Waals surface area (Å²) in [5.41, 5.74) is 11.9. The molecule has 0 spiro atoms. The standard InChI is InChI=1S/C23H24N4S/c1-27-23(21(15-25-27)18-10-6-3-7-11-18)19-13-22(28-16-19)26-20(14-24)12-17-8-4-2-5-9-17/h2-11,13,15-16,20,26H,12,14,24H2,1H3. The maximum atomic E-state index is 6.02. The highest BCUT2D eigenvalue weighted by atomic mass is 32.1. The number of aryl methyl sites for hydroxylation is 1. The molecule has 1 atom stereocenters. The van der Waals surface area contributed by atoms with E-state index in [1.54, 1.807) is 11.3 Å². The molecular formula is C23H24N4S. The maximum absolute atomic E-state index is 6.02. The number of nitrogens with two attached hydrogens (primary N) is 1. The average Bonchev–Trinajstić information content (AvgIpc) is 3.35. The van der Waals surface area contributed by atoms with Crippen molar-refractivity contribution in [3.63, 3.8) is 0 Å². The highest BCUT2D eigenvalue weighted by molar-refractivity contribution is 7.14. The molecule has 4 rings (SSSR count). The van der Waals surface area contributed by atoms with Gasteiger partial charge in [-0.1, -0.05) is 60.7 Å². The molecule has 0 amide bonds. The van der Waals surface area contributed by atoms with Gasteiger partial charge in [0.2, 0.25) is 0 Å². The first-order chi connectivity index (χ1) is 13.7. The van der Waals surface area contributed by atoms with Crippen molar-refractivity contribution in [3.8, 4) is 22.4 Å². The summed E-state index contributed by atoms with van der Waals surface area (Å²) >= 11 is 1.71. The summed E-state index contributed by atoms with van der Waals surface area (Å²) in [7, 11) is 1.99. The van der Waals surface area contributed by atoms with Crippen LogP contribution in [-0.4, -0.2) is 22.4 Å². The Balaban J connectivity index is 1.56. The van der Waals surface area contributed by atoms with Gasteiger partial charge in [0.1, 0.15) is 0 Å². The van der Waals surface area contributed by atoms with Crippen LogP contribution >= 0.6 is 11.3 Å². The molecule has 0 aliphatic carbocycles. The van der Waals surface area contributed by atoms with Gasteiger partial charge in [0.25, 0.3) is 0 Å². The Bertz CT molecular complexity index is 1020. The highest BCUT2D eigenvalue weighted by Crippen LogP contribution is 2.35. The number of nitrogens with zero attached hydrogens (tertiary/aromatic N) is 2. The van der Waals surface area contributed by atoms with E-state index in [1.165, 1.54) is 16.7 Å². The molecule has 142 valence electrons. The van der Waals surface area contributed by atoms with E-state index in [9.17, 15) is 0 Å². The summed E-state index contributed by atoms with van der Waals surface area (Å²) in [5.74, 6) is 0. The van der Waals surface area contributed by atoms with Crippen LogP contribution in [0.2, 0.25) is 0 Å². The van der Waals surface area contributed by atoms with Crippen molar-refractivity contribution in [3.05, 3.63) is 83.9 Å². The maximum Gasteiger partial charge on any atom is 0.0892 e. The van der Waals surface area contributed by atoms with E-state index in [0.717, 1.165) is 22.7 Å². The highest BCUT2D eigenvalue weighted by Gasteiger charge is 2.15. The van der Waals surface area contributed by atoms with Crippen molar-refractivity contribution in [1.82, 2.24) is 9.78 Å². The number of anilines is 1. The summed E-state index contributed by atoms with van der Waals surface area (Å²) in [6.07, 6.45) is 2.85. The molecule has 3 N–H and O–H groups in total. The van der Waals surface area contributed by atoms with Gasteiger partial charge in [-0.25, -0.2) is 0 Å². The molecule has 2 aromatic heterocycles. The van der Waals surface area contributed by atoms with Crippen molar-refractivity contribution >= 4 is 16.3 Å². The number of nitrogens with one attached hydrogen (secondary N) is 1. The second-order valence-corrected chi connectivity index (χ2v) is 7.77. The Morgan fingerprint density at radius 2 is 1.75 bits per heavy atom. The van der Waals surface area contributed by atoms with Gasteiger partial charge in [0.15, 0.2) is 0 Å². The summed E-state index contributed by atoms with van der Waals surface area (Å²) in [6, 6.07) is 23.3. The Kier molecular flexibility index (Phi) is 5.55. The molecule has 0 fully saturated rings. The molecule has 1 unspecified atom stereocenters. The van der Waals surface area contributed by atoms with Crippen molar-refractivity contribution in [2.45, 2.75) is 12.5 Å². The van der Waals surface area contributed by atoms with Crippen LogP contribution in [0.3, 0.4) is 0 Å². The molecule has 4 nitrogen and oxygen atoms in total. The molecule has 2 heterocycles. The second-order valence-electron chi connectivity index (χ2n) is 6.86. The molecule has 4 aromatic rings. The van der Waals surface area contributed by atoms with Gasteiger partial charge in [0.05, 0.1) is 16.9 Å². The lowest BCUT2D eigenvalue weighted by atomic mass is 10.0. The first-order valence-corrected chi connectivity index (χ1v) is 10.3. The minimum atomic E-state index is 0.203. The Morgan fingerprint density at radius 1 is 1.04 bits per heavy atom. The van der Waals surface area contributed by atoms with Crippen LogP contribution in [0.5, 0.6) is 0 Å². The van der Waals surface area contributed by atoms with Crippen molar-refractivity contribution in [1.29, 1.82) is 0 Å². The molecular weight excluding hydrogens is 364 g/mol. The monoisotopic (exact) mass is 388 g/mol. The fourth-order valence-corrected chi connectivity index (χ4v) is 4.30. The number of benzene rings is 2. The zero-order valence-electron chi connectivity index (χ0n) is 15.9. The van der Waals surface area contributed by atoms with E-state index >= 15 is 0 Å². The third-order valence-electron chi connectivity index (χ3n) is 4.85. The van der Waals surface area contributed by atoms with Crippen molar-refractivity contribution in [2.24, 2.45) is 12.8 Å². The van der Waals surface area contributed by atoms with Gasteiger partial charge in [0, 0.05) is 36.1 Å². The van der Waals surface area contributed by atoms with E-state index in [2.05, 4.69) is 70.4 Å². The minimum absolute atomic E-state index is 0.203. The number of hydrogen-bond donors (Lipinski definition) is 2. The summed E-state index contributed by atoms with van der Waals surface area (Å²) in [6.45, 7) is 0.586. The van der Waals surface area contributed by atoms with Crippen LogP contribution in [0.1, 0.15) is 5.56 Å². The molecule has 0 bridgehead atoms. The van der Waals surface area contributed by atoms with Gasteiger partial charge in [-0.15, -0.1) is 11.3 Å². The van der Waals surface area contributed by atoms with E-state index in [4.69, 9.17) is 5.73 Å². The predicted molar refractivity (Wildman–Crippen MR) is 119 cm³/mol. The van der Waals surface area contributed by atoms with Crippen LogP contribution in [0.25, 0.3) is 22.4 Å². The molecule has 0 aliphatic rings. The van der Waals surface area contributed by atoms with Gasteiger partial charge < -0.3 is 11.1 Å². The molecule has 28 heavy (non-hydrogen) atoms. The van der Waals surface area contributed by atoms with Crippen LogP contribution < -0.4 is 11.1 Å². The molecule has 2 aromatic carbocycles. The van der Waals surface area contributed by atoms with E-state index in [1.807, 2.05) is 30.1 Å². The number of aromatic nitrogens is 2. The van der Waals surface area contributed by atoms with Gasteiger partial charge in [-0.2, -0.15) is 5.10 Å². The van der Waals surface area contributed by atoms with Crippen molar-refractivity contribution in [2.75, 3.05) is 11.9 Å². The van der Waals surface area contributed by atoms with Gasteiger partial charge in [-0.3, -0.25) is 4.68 Å². The Hall–Kier alpha value is -2.89. The quantitative estimate of drug-likeness (QED) is 0.478. The zero-order valence-corrected chi connectivity index (χ0v) is 16.7. The lowest BCUT2D eigenvalue weighted by molar-refractivity contribution is 0.726. The molecule has 0 saturated carbocycles. The SMILES string of the molecule is Cn1ncc(-c2ccccc2)c1-c1csc(NC(CN)Cc2ccccc2)c1. The molecule has 0 radical (unpaired) electrons. The zero-order chi connectivity index (χ0) is 19.3. The lowest BCUT2D eigenvalue weighted by Crippen LogP contribution is -2.30. The smallest absolute Gasteiger partial charge is 0.0892 e. The largest absolute Gasteiger partial charge is 0.373 e. The van der Waals surface area contributed by atoms with Crippen LogP contribution in [0, 0.1) is 0 Å². The van der Waals surface area contributed by atoms with Crippen LogP contribution in [-0.2, 0) is 13.5 Å². The number of thiophene rings is 1. The number of hydrogen-bond acceptors (Lipinski definition) is 4. The molecule has 0 saturated heterocycles. The van der Waals surface area contributed by atoms with E-state index in [-0.39, 0.29) is 6.04 Å². The Morgan fingerprint density at radius 3 is 2.46 bits per heavy atom. The first-order valence-electron chi connectivity index (χ1n) is 9.41.